The van der Waals surface area contributed by atoms with Crippen LogP contribution in [0.1, 0.15) is 85.0 Å². The first-order chi connectivity index (χ1) is 15.1. The number of aliphatic hydroxyl groups excluding tert-OH is 2. The second-order valence-corrected chi connectivity index (χ2v) is 12.1. The summed E-state index contributed by atoms with van der Waals surface area (Å²) in [6.07, 6.45) is 9.06. The van der Waals surface area contributed by atoms with Crippen LogP contribution in [-0.4, -0.2) is 45.9 Å². The van der Waals surface area contributed by atoms with Gasteiger partial charge in [-0.25, -0.2) is 0 Å². The fraction of sp³-hybridized carbons (Fsp3) is 0.923. The van der Waals surface area contributed by atoms with Crippen LogP contribution in [0.5, 0.6) is 0 Å². The molecule has 6 heteroatoms. The largest absolute Gasteiger partial charge is 0.480 e. The Morgan fingerprint density at radius 1 is 1.00 bits per heavy atom. The number of rotatable bonds is 6. The van der Waals surface area contributed by atoms with Gasteiger partial charge in [0.1, 0.15) is 6.54 Å². The normalized spacial score (nSPS) is 46.5. The number of hydrogen-bond acceptors (Lipinski definition) is 4. The van der Waals surface area contributed by atoms with Crippen LogP contribution in [0.4, 0.5) is 0 Å². The molecule has 182 valence electrons. The van der Waals surface area contributed by atoms with Gasteiger partial charge >= 0.3 is 5.97 Å². The van der Waals surface area contributed by atoms with Gasteiger partial charge in [0, 0.05) is 6.42 Å². The number of carboxylic acid groups (broad SMARTS) is 1. The molecule has 0 aromatic rings. The third-order valence-corrected chi connectivity index (χ3v) is 10.7. The van der Waals surface area contributed by atoms with Gasteiger partial charge in [0.2, 0.25) is 5.91 Å². The molecular weight excluding hydrogens is 406 g/mol. The van der Waals surface area contributed by atoms with Crippen LogP contribution in [0.15, 0.2) is 0 Å². The second kappa shape index (κ2) is 8.90. The van der Waals surface area contributed by atoms with Crippen molar-refractivity contribution >= 4 is 11.9 Å². The summed E-state index contributed by atoms with van der Waals surface area (Å²) in [4.78, 5) is 22.7. The number of nitrogens with one attached hydrogen (secondary N) is 1. The van der Waals surface area contributed by atoms with E-state index < -0.39 is 5.97 Å². The summed E-state index contributed by atoms with van der Waals surface area (Å²) < 4.78 is 0. The number of aliphatic hydroxyl groups is 2. The minimum atomic E-state index is -1.01. The maximum atomic E-state index is 12.0. The molecule has 4 fully saturated rings. The van der Waals surface area contributed by atoms with E-state index in [9.17, 15) is 19.8 Å². The summed E-state index contributed by atoms with van der Waals surface area (Å²) in [5.41, 5.74) is 0.451. The Balaban J connectivity index is 1.44. The maximum absolute atomic E-state index is 12.0. The number of fused-ring (bicyclic) bond motifs is 5. The van der Waals surface area contributed by atoms with E-state index in [4.69, 9.17) is 5.11 Å². The highest BCUT2D eigenvalue weighted by Gasteiger charge is 2.62. The molecular formula is C26H43NO5. The van der Waals surface area contributed by atoms with Crippen molar-refractivity contribution in [2.45, 2.75) is 97.2 Å². The summed E-state index contributed by atoms with van der Waals surface area (Å²) in [5, 5.41) is 32.8. The topological polar surface area (TPSA) is 107 Å². The van der Waals surface area contributed by atoms with Gasteiger partial charge in [-0.2, -0.15) is 0 Å². The summed E-state index contributed by atoms with van der Waals surface area (Å²) in [6, 6.07) is 0. The lowest BCUT2D eigenvalue weighted by Gasteiger charge is -2.62. The van der Waals surface area contributed by atoms with Crippen LogP contribution >= 0.6 is 0 Å². The molecule has 32 heavy (non-hydrogen) atoms. The maximum Gasteiger partial charge on any atom is 0.322 e. The minimum absolute atomic E-state index is 0.177. The van der Waals surface area contributed by atoms with Crippen molar-refractivity contribution in [3.05, 3.63) is 0 Å². The molecule has 4 N–H and O–H groups in total. The minimum Gasteiger partial charge on any atom is -0.480 e. The van der Waals surface area contributed by atoms with Gasteiger partial charge in [-0.3, -0.25) is 9.59 Å². The predicted molar refractivity (Wildman–Crippen MR) is 122 cm³/mol. The van der Waals surface area contributed by atoms with Crippen LogP contribution in [0.2, 0.25) is 0 Å². The van der Waals surface area contributed by atoms with E-state index in [1.807, 2.05) is 0 Å². The first kappa shape index (κ1) is 24.0. The van der Waals surface area contributed by atoms with Gasteiger partial charge in [0.05, 0.1) is 12.2 Å². The Hall–Kier alpha value is -1.14. The molecule has 4 saturated carbocycles. The zero-order valence-corrected chi connectivity index (χ0v) is 20.1. The molecule has 0 aromatic heterocycles. The lowest BCUT2D eigenvalue weighted by molar-refractivity contribution is -0.174. The van der Waals surface area contributed by atoms with Crippen molar-refractivity contribution in [1.82, 2.24) is 5.32 Å². The van der Waals surface area contributed by atoms with Crippen molar-refractivity contribution in [3.63, 3.8) is 0 Å². The van der Waals surface area contributed by atoms with Crippen molar-refractivity contribution in [1.29, 1.82) is 0 Å². The molecule has 1 amide bonds. The third kappa shape index (κ3) is 4.11. The first-order valence-corrected chi connectivity index (χ1v) is 12.9. The second-order valence-electron chi connectivity index (χ2n) is 12.1. The van der Waals surface area contributed by atoms with Gasteiger partial charge in [0.25, 0.3) is 0 Å². The van der Waals surface area contributed by atoms with Crippen molar-refractivity contribution in [2.75, 3.05) is 6.54 Å². The van der Waals surface area contributed by atoms with Crippen molar-refractivity contribution in [3.8, 4) is 0 Å². The molecule has 1 unspecified atom stereocenters. The highest BCUT2D eigenvalue weighted by molar-refractivity contribution is 5.81. The van der Waals surface area contributed by atoms with Crippen molar-refractivity contribution < 1.29 is 24.9 Å². The van der Waals surface area contributed by atoms with E-state index in [2.05, 4.69) is 26.1 Å². The lowest BCUT2D eigenvalue weighted by atomic mass is 9.43. The van der Waals surface area contributed by atoms with Gasteiger partial charge in [-0.05, 0) is 104 Å². The summed E-state index contributed by atoms with van der Waals surface area (Å²) in [7, 11) is 0. The van der Waals surface area contributed by atoms with E-state index in [0.29, 0.717) is 41.9 Å². The smallest absolute Gasteiger partial charge is 0.322 e. The van der Waals surface area contributed by atoms with Crippen LogP contribution in [-0.2, 0) is 9.59 Å². The molecule has 10 atom stereocenters. The highest BCUT2D eigenvalue weighted by Crippen LogP contribution is 2.68. The van der Waals surface area contributed by atoms with Crippen LogP contribution in [0, 0.1) is 46.3 Å². The van der Waals surface area contributed by atoms with Crippen LogP contribution in [0.3, 0.4) is 0 Å². The Labute approximate surface area is 192 Å². The van der Waals surface area contributed by atoms with E-state index >= 15 is 0 Å². The Kier molecular flexibility index (Phi) is 6.68. The van der Waals surface area contributed by atoms with E-state index in [1.165, 1.54) is 12.8 Å². The molecule has 4 aliphatic carbocycles. The van der Waals surface area contributed by atoms with Crippen LogP contribution < -0.4 is 5.32 Å². The molecule has 0 aromatic carbocycles. The van der Waals surface area contributed by atoms with E-state index in [0.717, 1.165) is 44.9 Å². The molecule has 0 bridgehead atoms. The number of carboxylic acids is 1. The fourth-order valence-electron chi connectivity index (χ4n) is 9.00. The molecule has 6 nitrogen and oxygen atoms in total. The highest BCUT2D eigenvalue weighted by atomic mass is 16.4. The number of amides is 1. The molecule has 0 spiro atoms. The SMILES string of the molecule is C[C@H](CCC(=O)NCC(=O)O)[C@H]1CC[C@H]2[C@H]3C(CC[C@]12C)[C@@]1(C)CC[C@@H](O)C[C@H]1C[C@H]3O. The fourth-order valence-corrected chi connectivity index (χ4v) is 9.00. The summed E-state index contributed by atoms with van der Waals surface area (Å²) >= 11 is 0. The molecule has 0 radical (unpaired) electrons. The van der Waals surface area contributed by atoms with Gasteiger partial charge in [0.15, 0.2) is 0 Å². The molecule has 4 aliphatic rings. The zero-order chi connectivity index (χ0) is 23.3. The zero-order valence-electron chi connectivity index (χ0n) is 20.1. The monoisotopic (exact) mass is 449 g/mol. The van der Waals surface area contributed by atoms with Crippen LogP contribution in [0.25, 0.3) is 0 Å². The van der Waals surface area contributed by atoms with Gasteiger partial charge in [-0.1, -0.05) is 20.8 Å². The quantitative estimate of drug-likeness (QED) is 0.496. The molecule has 4 rings (SSSR count). The Morgan fingerprint density at radius 2 is 1.69 bits per heavy atom. The summed E-state index contributed by atoms with van der Waals surface area (Å²) in [6.45, 7) is 6.83. The number of carbonyl (C=O) groups excluding carboxylic acids is 1. The average Bonchev–Trinajstić information content (AvgIpc) is 3.09. The lowest BCUT2D eigenvalue weighted by Crippen LogP contribution is -2.58. The number of aliphatic carboxylic acids is 1. The summed E-state index contributed by atoms with van der Waals surface area (Å²) in [5.74, 6) is 1.66. The molecule has 0 heterocycles. The third-order valence-electron chi connectivity index (χ3n) is 10.7. The Bertz CT molecular complexity index is 727. The van der Waals surface area contributed by atoms with E-state index in [1.54, 1.807) is 0 Å². The number of hydrogen-bond donors (Lipinski definition) is 4. The standard InChI is InChI=1S/C26H43NO5/c1-15(4-7-22(30)27-14-23(31)32)18-5-6-19-24-20(9-11-26(18,19)3)25(2)10-8-17(28)12-16(25)13-21(24)29/h15-21,24,28-29H,4-14H2,1-3H3,(H,27,30)(H,31,32)/t15-,16+,17-,18-,19+,20?,21-,24+,25+,26-/m1/s1. The van der Waals surface area contributed by atoms with Gasteiger partial charge < -0.3 is 20.6 Å². The molecule has 0 saturated heterocycles. The average molecular weight is 450 g/mol. The van der Waals surface area contributed by atoms with Gasteiger partial charge in [-0.15, -0.1) is 0 Å². The van der Waals surface area contributed by atoms with Crippen molar-refractivity contribution in [2.24, 2.45) is 46.3 Å². The number of carbonyl (C=O) groups is 2. The molecule has 0 aliphatic heterocycles. The predicted octanol–water partition coefficient (Wildman–Crippen LogP) is 3.59. The first-order valence-electron chi connectivity index (χ1n) is 12.9. The van der Waals surface area contributed by atoms with E-state index in [-0.39, 0.29) is 35.5 Å². The Morgan fingerprint density at radius 3 is 2.41 bits per heavy atom.